The van der Waals surface area contributed by atoms with E-state index in [9.17, 15) is 9.18 Å². The first-order valence-electron chi connectivity index (χ1n) is 6.05. The fourth-order valence-electron chi connectivity index (χ4n) is 1.58. The van der Waals surface area contributed by atoms with Crippen molar-refractivity contribution in [2.75, 3.05) is 11.9 Å². The Balaban J connectivity index is 2.26. The van der Waals surface area contributed by atoms with Crippen molar-refractivity contribution in [2.24, 2.45) is 0 Å². The molecular formula is C15H11ClFNO2S. The lowest BCUT2D eigenvalue weighted by molar-refractivity contribution is 0.103. The number of hydrogen-bond donors (Lipinski definition) is 2. The lowest BCUT2D eigenvalue weighted by atomic mass is 10.1. The first-order valence-corrected chi connectivity index (χ1v) is 7.31. The Morgan fingerprint density at radius 2 is 2.24 bits per heavy atom. The number of thiophene rings is 1. The molecule has 0 radical (unpaired) electrons. The highest BCUT2D eigenvalue weighted by molar-refractivity contribution is 7.12. The number of aliphatic hydroxyl groups is 1. The number of amides is 1. The summed E-state index contributed by atoms with van der Waals surface area (Å²) < 4.78 is 13.3. The minimum absolute atomic E-state index is 0.0746. The second-order valence-electron chi connectivity index (χ2n) is 4.02. The number of halogens is 2. The summed E-state index contributed by atoms with van der Waals surface area (Å²) in [6.07, 6.45) is 0.278. The Morgan fingerprint density at radius 3 is 2.90 bits per heavy atom. The van der Waals surface area contributed by atoms with Crippen molar-refractivity contribution in [1.82, 2.24) is 0 Å². The Bertz CT molecular complexity index is 718. The predicted molar refractivity (Wildman–Crippen MR) is 82.3 cm³/mol. The van der Waals surface area contributed by atoms with Crippen LogP contribution in [0.4, 0.5) is 10.1 Å². The van der Waals surface area contributed by atoms with Crippen LogP contribution < -0.4 is 5.32 Å². The fraction of sp³-hybridized carbons (Fsp3) is 0.133. The summed E-state index contributed by atoms with van der Waals surface area (Å²) in [4.78, 5) is 12.5. The van der Waals surface area contributed by atoms with E-state index in [1.807, 2.05) is 0 Å². The minimum Gasteiger partial charge on any atom is -0.395 e. The fourth-order valence-corrected chi connectivity index (χ4v) is 2.61. The van der Waals surface area contributed by atoms with Crippen LogP contribution in [0.25, 0.3) is 0 Å². The van der Waals surface area contributed by atoms with Gasteiger partial charge in [-0.1, -0.05) is 23.4 Å². The molecule has 0 aliphatic heterocycles. The Morgan fingerprint density at radius 1 is 1.43 bits per heavy atom. The van der Waals surface area contributed by atoms with Gasteiger partial charge in [-0.3, -0.25) is 4.79 Å². The van der Waals surface area contributed by atoms with Crippen LogP contribution in [0.15, 0.2) is 29.6 Å². The van der Waals surface area contributed by atoms with Crippen molar-refractivity contribution >= 4 is 34.5 Å². The third-order valence-electron chi connectivity index (χ3n) is 2.51. The van der Waals surface area contributed by atoms with Crippen LogP contribution in [0, 0.1) is 17.7 Å². The third kappa shape index (κ3) is 4.05. The molecule has 1 aromatic carbocycles. The molecule has 2 N–H and O–H groups in total. The molecule has 3 nitrogen and oxygen atoms in total. The van der Waals surface area contributed by atoms with E-state index in [0.717, 1.165) is 0 Å². The van der Waals surface area contributed by atoms with E-state index < -0.39 is 5.82 Å². The van der Waals surface area contributed by atoms with Gasteiger partial charge in [0.05, 0.1) is 22.9 Å². The summed E-state index contributed by atoms with van der Waals surface area (Å²) in [5.41, 5.74) is 0.751. The molecule has 0 aliphatic rings. The average Bonchev–Trinajstić information content (AvgIpc) is 2.88. The Labute approximate surface area is 130 Å². The minimum atomic E-state index is -0.449. The van der Waals surface area contributed by atoms with Crippen molar-refractivity contribution in [3.05, 3.63) is 50.9 Å². The van der Waals surface area contributed by atoms with E-state index in [2.05, 4.69) is 17.2 Å². The highest BCUT2D eigenvalue weighted by atomic mass is 35.5. The molecule has 1 aromatic heterocycles. The standard InChI is InChI=1S/C15H11ClFNO2S/c16-12-6-8-21-14(12)15(20)18-13-5-4-11(17)9-10(13)3-1-2-7-19/h4-6,8-9,19H,2,7H2,(H,18,20). The number of carbonyl (C=O) groups is 1. The molecule has 0 spiro atoms. The molecule has 0 fully saturated rings. The zero-order valence-electron chi connectivity index (χ0n) is 10.8. The van der Waals surface area contributed by atoms with E-state index in [0.29, 0.717) is 21.2 Å². The van der Waals surface area contributed by atoms with Gasteiger partial charge in [0.2, 0.25) is 0 Å². The summed E-state index contributed by atoms with van der Waals surface area (Å²) in [6.45, 7) is -0.0746. The van der Waals surface area contributed by atoms with Crippen molar-refractivity contribution in [3.63, 3.8) is 0 Å². The first-order chi connectivity index (χ1) is 10.1. The van der Waals surface area contributed by atoms with Gasteiger partial charge in [0.15, 0.2) is 0 Å². The largest absolute Gasteiger partial charge is 0.395 e. The second kappa shape index (κ2) is 7.23. The van der Waals surface area contributed by atoms with Gasteiger partial charge in [-0.15, -0.1) is 11.3 Å². The molecule has 1 amide bonds. The third-order valence-corrected chi connectivity index (χ3v) is 3.85. The molecule has 0 unspecified atom stereocenters. The number of aliphatic hydroxyl groups excluding tert-OH is 1. The van der Waals surface area contributed by atoms with Crippen molar-refractivity contribution < 1.29 is 14.3 Å². The highest BCUT2D eigenvalue weighted by Crippen LogP contribution is 2.24. The number of rotatable bonds is 3. The van der Waals surface area contributed by atoms with E-state index >= 15 is 0 Å². The van der Waals surface area contributed by atoms with Gasteiger partial charge in [-0.25, -0.2) is 4.39 Å². The maximum atomic E-state index is 13.3. The van der Waals surface area contributed by atoms with Crippen LogP contribution >= 0.6 is 22.9 Å². The maximum absolute atomic E-state index is 13.3. The van der Waals surface area contributed by atoms with Crippen LogP contribution in [0.2, 0.25) is 5.02 Å². The molecule has 1 heterocycles. The lowest BCUT2D eigenvalue weighted by Gasteiger charge is -2.07. The first kappa shape index (κ1) is 15.5. The molecule has 21 heavy (non-hydrogen) atoms. The number of anilines is 1. The summed E-state index contributed by atoms with van der Waals surface area (Å²) in [7, 11) is 0. The molecule has 6 heteroatoms. The zero-order valence-corrected chi connectivity index (χ0v) is 12.4. The van der Waals surface area contributed by atoms with Crippen LogP contribution in [0.1, 0.15) is 21.7 Å². The van der Waals surface area contributed by atoms with E-state index in [1.54, 1.807) is 11.4 Å². The number of hydrogen-bond acceptors (Lipinski definition) is 3. The molecule has 0 saturated carbocycles. The SMILES string of the molecule is O=C(Nc1ccc(F)cc1C#CCCO)c1sccc1Cl. The summed E-state index contributed by atoms with van der Waals surface area (Å²) in [6, 6.07) is 5.55. The van der Waals surface area contributed by atoms with Gasteiger partial charge in [0.1, 0.15) is 10.7 Å². The summed E-state index contributed by atoms with van der Waals surface area (Å²) >= 11 is 7.12. The number of nitrogens with one attached hydrogen (secondary N) is 1. The topological polar surface area (TPSA) is 49.3 Å². The van der Waals surface area contributed by atoms with Crippen LogP contribution in [0.3, 0.4) is 0 Å². The van der Waals surface area contributed by atoms with Crippen molar-refractivity contribution in [1.29, 1.82) is 0 Å². The predicted octanol–water partition coefficient (Wildman–Crippen LogP) is 3.53. The molecule has 0 aliphatic carbocycles. The van der Waals surface area contributed by atoms with Gasteiger partial charge < -0.3 is 10.4 Å². The van der Waals surface area contributed by atoms with Gasteiger partial charge >= 0.3 is 0 Å². The summed E-state index contributed by atoms with van der Waals surface area (Å²) in [5, 5.41) is 13.5. The molecule has 0 atom stereocenters. The van der Waals surface area contributed by atoms with E-state index in [4.69, 9.17) is 16.7 Å². The lowest BCUT2D eigenvalue weighted by Crippen LogP contribution is -2.11. The van der Waals surface area contributed by atoms with Crippen LogP contribution in [-0.4, -0.2) is 17.6 Å². The van der Waals surface area contributed by atoms with E-state index in [-0.39, 0.29) is 18.9 Å². The van der Waals surface area contributed by atoms with Crippen LogP contribution in [-0.2, 0) is 0 Å². The van der Waals surface area contributed by atoms with Crippen molar-refractivity contribution in [2.45, 2.75) is 6.42 Å². The second-order valence-corrected chi connectivity index (χ2v) is 5.34. The molecular weight excluding hydrogens is 313 g/mol. The molecule has 108 valence electrons. The zero-order chi connectivity index (χ0) is 15.2. The summed E-state index contributed by atoms with van der Waals surface area (Å²) in [5.74, 6) is 4.61. The smallest absolute Gasteiger partial charge is 0.267 e. The Kier molecular flexibility index (Phi) is 5.34. The monoisotopic (exact) mass is 323 g/mol. The van der Waals surface area contributed by atoms with Gasteiger partial charge in [0, 0.05) is 6.42 Å². The van der Waals surface area contributed by atoms with Crippen LogP contribution in [0.5, 0.6) is 0 Å². The normalized spacial score (nSPS) is 9.86. The van der Waals surface area contributed by atoms with Crippen molar-refractivity contribution in [3.8, 4) is 11.8 Å². The quantitative estimate of drug-likeness (QED) is 0.849. The Hall–Kier alpha value is -1.87. The molecule has 0 bridgehead atoms. The molecule has 2 rings (SSSR count). The van der Waals surface area contributed by atoms with Gasteiger partial charge in [-0.05, 0) is 29.6 Å². The number of benzene rings is 1. The van der Waals surface area contributed by atoms with Gasteiger partial charge in [-0.2, -0.15) is 0 Å². The van der Waals surface area contributed by atoms with Gasteiger partial charge in [0.25, 0.3) is 5.91 Å². The van der Waals surface area contributed by atoms with E-state index in [1.165, 1.54) is 29.5 Å². The molecule has 0 saturated heterocycles. The molecule has 2 aromatic rings. The highest BCUT2D eigenvalue weighted by Gasteiger charge is 2.13. The maximum Gasteiger partial charge on any atom is 0.267 e. The average molecular weight is 324 g/mol. The number of carbonyl (C=O) groups excluding carboxylic acids is 1.